The van der Waals surface area contributed by atoms with Crippen molar-refractivity contribution in [3.8, 4) is 11.5 Å². The molecule has 2 aromatic carbocycles. The molecule has 6 nitrogen and oxygen atoms in total. The van der Waals surface area contributed by atoms with E-state index in [1.165, 1.54) is 17.3 Å². The molecule has 0 N–H and O–H groups in total. The van der Waals surface area contributed by atoms with Gasteiger partial charge in [-0.2, -0.15) is 4.31 Å². The van der Waals surface area contributed by atoms with Gasteiger partial charge in [-0.05, 0) is 49.6 Å². The van der Waals surface area contributed by atoms with Crippen molar-refractivity contribution in [1.82, 2.24) is 4.31 Å². The van der Waals surface area contributed by atoms with Gasteiger partial charge in [-0.25, -0.2) is 8.42 Å². The molecule has 0 aliphatic carbocycles. The van der Waals surface area contributed by atoms with Crippen molar-refractivity contribution in [2.45, 2.75) is 37.1 Å². The van der Waals surface area contributed by atoms with Gasteiger partial charge in [0, 0.05) is 18.5 Å². The van der Waals surface area contributed by atoms with E-state index >= 15 is 0 Å². The Morgan fingerprint density at radius 2 is 1.82 bits per heavy atom. The first kappa shape index (κ1) is 19.0. The van der Waals surface area contributed by atoms with Gasteiger partial charge in [-0.15, -0.1) is 0 Å². The number of nitrogens with zero attached hydrogens (tertiary/aromatic N) is 1. The van der Waals surface area contributed by atoms with E-state index < -0.39 is 10.0 Å². The zero-order valence-electron chi connectivity index (χ0n) is 15.8. The molecule has 0 spiro atoms. The fourth-order valence-electron chi connectivity index (χ4n) is 3.76. The highest BCUT2D eigenvalue weighted by molar-refractivity contribution is 7.89. The molecule has 0 saturated carbocycles. The van der Waals surface area contributed by atoms with Crippen molar-refractivity contribution < 1.29 is 22.7 Å². The van der Waals surface area contributed by atoms with E-state index in [2.05, 4.69) is 0 Å². The van der Waals surface area contributed by atoms with Crippen molar-refractivity contribution in [3.63, 3.8) is 0 Å². The summed E-state index contributed by atoms with van der Waals surface area (Å²) in [6, 6.07) is 11.7. The van der Waals surface area contributed by atoms with Crippen molar-refractivity contribution in [3.05, 3.63) is 53.6 Å². The van der Waals surface area contributed by atoms with Crippen LogP contribution in [0.4, 0.5) is 0 Å². The number of Topliss-reactive ketones (excluding diaryl/α,β-unsaturated/α-hetero) is 1. The Hall–Kier alpha value is -2.38. The van der Waals surface area contributed by atoms with E-state index in [1.807, 2.05) is 18.2 Å². The number of fused-ring (bicyclic) bond motifs is 1. The molecular weight excluding hydrogens is 378 g/mol. The first-order valence-electron chi connectivity index (χ1n) is 9.49. The number of benzene rings is 2. The van der Waals surface area contributed by atoms with Crippen molar-refractivity contribution >= 4 is 15.8 Å². The first-order valence-corrected chi connectivity index (χ1v) is 10.9. The lowest BCUT2D eigenvalue weighted by Gasteiger charge is -2.25. The van der Waals surface area contributed by atoms with Gasteiger partial charge in [-0.1, -0.05) is 18.2 Å². The van der Waals surface area contributed by atoms with E-state index in [0.717, 1.165) is 24.8 Å². The predicted molar refractivity (Wildman–Crippen MR) is 104 cm³/mol. The molecule has 0 unspecified atom stereocenters. The van der Waals surface area contributed by atoms with Gasteiger partial charge in [0.15, 0.2) is 17.3 Å². The number of ether oxygens (including phenoxy) is 2. The van der Waals surface area contributed by atoms with Gasteiger partial charge in [0.25, 0.3) is 0 Å². The molecule has 2 aliphatic heterocycles. The average Bonchev–Trinajstić information content (AvgIpc) is 3.08. The Morgan fingerprint density at radius 1 is 1.04 bits per heavy atom. The Morgan fingerprint density at radius 3 is 2.61 bits per heavy atom. The second kappa shape index (κ2) is 7.56. The predicted octanol–water partition coefficient (Wildman–Crippen LogP) is 3.58. The molecule has 4 rings (SSSR count). The minimum absolute atomic E-state index is 0.154. The van der Waals surface area contributed by atoms with Crippen LogP contribution in [0.15, 0.2) is 47.4 Å². The minimum Gasteiger partial charge on any atom is -0.490 e. The summed E-state index contributed by atoms with van der Waals surface area (Å²) in [7, 11) is -3.71. The number of hydrogen-bond donors (Lipinski definition) is 0. The molecule has 0 amide bonds. The second-order valence-electron chi connectivity index (χ2n) is 7.11. The van der Waals surface area contributed by atoms with E-state index in [4.69, 9.17) is 9.47 Å². The largest absolute Gasteiger partial charge is 0.490 e. The molecule has 1 fully saturated rings. The maximum Gasteiger partial charge on any atom is 0.243 e. The van der Waals surface area contributed by atoms with Crippen molar-refractivity contribution in [2.75, 3.05) is 19.8 Å². The smallest absolute Gasteiger partial charge is 0.243 e. The Balaban J connectivity index is 1.67. The third kappa shape index (κ3) is 3.52. The molecule has 28 heavy (non-hydrogen) atoms. The molecule has 0 radical (unpaired) electrons. The van der Waals surface area contributed by atoms with Gasteiger partial charge in [0.2, 0.25) is 10.0 Å². The molecule has 0 bridgehead atoms. The van der Waals surface area contributed by atoms with Gasteiger partial charge >= 0.3 is 0 Å². The maximum absolute atomic E-state index is 13.3. The summed E-state index contributed by atoms with van der Waals surface area (Å²) < 4.78 is 39.6. The second-order valence-corrected chi connectivity index (χ2v) is 9.01. The van der Waals surface area contributed by atoms with Crippen molar-refractivity contribution in [1.29, 1.82) is 0 Å². The van der Waals surface area contributed by atoms with Crippen LogP contribution in [0.25, 0.3) is 0 Å². The van der Waals surface area contributed by atoms with Crippen LogP contribution in [-0.4, -0.2) is 38.3 Å². The van der Waals surface area contributed by atoms with Crippen LogP contribution in [0.5, 0.6) is 11.5 Å². The summed E-state index contributed by atoms with van der Waals surface area (Å²) >= 11 is 0. The van der Waals surface area contributed by atoms with Crippen LogP contribution in [0, 0.1) is 0 Å². The molecule has 0 aromatic heterocycles. The number of hydrogen-bond acceptors (Lipinski definition) is 5. The monoisotopic (exact) mass is 401 g/mol. The van der Waals surface area contributed by atoms with Crippen LogP contribution in [-0.2, 0) is 10.0 Å². The van der Waals surface area contributed by atoms with Crippen LogP contribution < -0.4 is 9.47 Å². The molecule has 1 saturated heterocycles. The molecule has 148 valence electrons. The van der Waals surface area contributed by atoms with Gasteiger partial charge in [0.1, 0.15) is 0 Å². The fraction of sp³-hybridized carbons (Fsp3) is 0.381. The standard InChI is InChI=1S/C21H23NO5S/c1-15(23)16-5-2-6-18(13-16)28(24,25)22-10-3-7-19(22)17-8-9-20-21(14-17)27-12-4-11-26-20/h2,5-6,8-9,13-14,19H,3-4,7,10-12H2,1H3/t19-/m1/s1. The third-order valence-electron chi connectivity index (χ3n) is 5.21. The lowest BCUT2D eigenvalue weighted by molar-refractivity contribution is 0.101. The van der Waals surface area contributed by atoms with Crippen LogP contribution in [0.2, 0.25) is 0 Å². The van der Waals surface area contributed by atoms with Gasteiger partial charge < -0.3 is 9.47 Å². The Bertz CT molecular complexity index is 1000. The molecule has 7 heteroatoms. The number of carbonyl (C=O) groups excluding carboxylic acids is 1. The number of rotatable bonds is 4. The Kier molecular flexibility index (Phi) is 5.12. The van der Waals surface area contributed by atoms with Crippen LogP contribution >= 0.6 is 0 Å². The topological polar surface area (TPSA) is 72.9 Å². The zero-order chi connectivity index (χ0) is 19.7. The zero-order valence-corrected chi connectivity index (χ0v) is 16.6. The van der Waals surface area contributed by atoms with E-state index in [-0.39, 0.29) is 16.7 Å². The first-order chi connectivity index (χ1) is 13.5. The number of ketones is 1. The Labute approximate surface area is 165 Å². The lowest BCUT2D eigenvalue weighted by atomic mass is 10.0. The third-order valence-corrected chi connectivity index (χ3v) is 7.11. The molecule has 2 aliphatic rings. The maximum atomic E-state index is 13.3. The summed E-state index contributed by atoms with van der Waals surface area (Å²) in [6.45, 7) is 3.08. The molecule has 1 atom stereocenters. The SMILES string of the molecule is CC(=O)c1cccc(S(=O)(=O)N2CCC[C@@H]2c2ccc3c(c2)OCCCO3)c1. The van der Waals surface area contributed by atoms with Crippen molar-refractivity contribution in [2.24, 2.45) is 0 Å². The average molecular weight is 401 g/mol. The molecular formula is C21H23NO5S. The minimum atomic E-state index is -3.71. The van der Waals surface area contributed by atoms with Gasteiger partial charge in [0.05, 0.1) is 24.2 Å². The fourth-order valence-corrected chi connectivity index (χ4v) is 5.49. The number of carbonyl (C=O) groups is 1. The summed E-state index contributed by atoms with van der Waals surface area (Å²) in [5.74, 6) is 1.21. The molecule has 2 heterocycles. The highest BCUT2D eigenvalue weighted by Crippen LogP contribution is 2.40. The summed E-state index contributed by atoms with van der Waals surface area (Å²) in [5, 5.41) is 0. The summed E-state index contributed by atoms with van der Waals surface area (Å²) in [4.78, 5) is 11.8. The van der Waals surface area contributed by atoms with E-state index in [9.17, 15) is 13.2 Å². The molecule has 2 aromatic rings. The van der Waals surface area contributed by atoms with Crippen LogP contribution in [0.3, 0.4) is 0 Å². The van der Waals surface area contributed by atoms with E-state index in [1.54, 1.807) is 18.2 Å². The summed E-state index contributed by atoms with van der Waals surface area (Å²) in [5.41, 5.74) is 1.29. The van der Waals surface area contributed by atoms with Crippen LogP contribution in [0.1, 0.15) is 48.1 Å². The van der Waals surface area contributed by atoms with E-state index in [0.29, 0.717) is 36.8 Å². The highest BCUT2D eigenvalue weighted by Gasteiger charge is 2.36. The van der Waals surface area contributed by atoms with Gasteiger partial charge in [-0.3, -0.25) is 4.79 Å². The lowest BCUT2D eigenvalue weighted by Crippen LogP contribution is -2.30. The normalized spacial score (nSPS) is 20.0. The quantitative estimate of drug-likeness (QED) is 0.732. The summed E-state index contributed by atoms with van der Waals surface area (Å²) in [6.07, 6.45) is 2.34. The number of sulfonamides is 1. The highest BCUT2D eigenvalue weighted by atomic mass is 32.2.